The number of quaternary nitrogens is 1. The quantitative estimate of drug-likeness (QED) is 0.724. The van der Waals surface area contributed by atoms with Crippen LogP contribution < -0.4 is 4.90 Å². The monoisotopic (exact) mass is 339 g/mol. The SMILES string of the molecule is Cc1ccc(-n2cnn(C[NH+](C)Cc3ccccc3)c2=S)c(C)c1. The predicted octanol–water partition coefficient (Wildman–Crippen LogP) is 2.69. The molecule has 0 radical (unpaired) electrons. The standard InChI is InChI=1S/C19H22N4S/c1-15-9-10-18(16(2)11-15)22-13-20-23(19(22)24)14-21(3)12-17-7-5-4-6-8-17/h4-11,13H,12,14H2,1-3H3/p+1. The molecule has 3 rings (SSSR count). The van der Waals surface area contributed by atoms with Crippen LogP contribution in [0.4, 0.5) is 0 Å². The molecule has 0 saturated carbocycles. The second-order valence-electron chi connectivity index (χ2n) is 6.35. The highest BCUT2D eigenvalue weighted by Crippen LogP contribution is 2.15. The maximum atomic E-state index is 5.63. The van der Waals surface area contributed by atoms with Gasteiger partial charge in [0.1, 0.15) is 12.9 Å². The van der Waals surface area contributed by atoms with Crippen LogP contribution in [0.1, 0.15) is 16.7 Å². The maximum Gasteiger partial charge on any atom is 0.207 e. The molecule has 0 amide bonds. The van der Waals surface area contributed by atoms with Gasteiger partial charge in [-0.25, -0.2) is 0 Å². The van der Waals surface area contributed by atoms with Crippen LogP contribution in [0.3, 0.4) is 0 Å². The highest BCUT2D eigenvalue weighted by molar-refractivity contribution is 7.71. The molecule has 1 heterocycles. The summed E-state index contributed by atoms with van der Waals surface area (Å²) >= 11 is 5.63. The van der Waals surface area contributed by atoms with Gasteiger partial charge in [-0.2, -0.15) is 9.78 Å². The number of hydrogen-bond acceptors (Lipinski definition) is 2. The van der Waals surface area contributed by atoms with Crippen LogP contribution in [0.25, 0.3) is 5.69 Å². The molecule has 0 aliphatic heterocycles. The molecule has 0 bridgehead atoms. The Morgan fingerprint density at radius 1 is 1.08 bits per heavy atom. The summed E-state index contributed by atoms with van der Waals surface area (Å²) in [5.41, 5.74) is 4.87. The summed E-state index contributed by atoms with van der Waals surface area (Å²) in [7, 11) is 2.16. The first-order chi connectivity index (χ1) is 11.5. The van der Waals surface area contributed by atoms with Gasteiger partial charge in [0.05, 0.1) is 12.7 Å². The van der Waals surface area contributed by atoms with Gasteiger partial charge >= 0.3 is 0 Å². The van der Waals surface area contributed by atoms with E-state index in [-0.39, 0.29) is 0 Å². The lowest BCUT2D eigenvalue weighted by atomic mass is 10.1. The van der Waals surface area contributed by atoms with Gasteiger partial charge in [0, 0.05) is 5.56 Å². The predicted molar refractivity (Wildman–Crippen MR) is 98.9 cm³/mol. The highest BCUT2D eigenvalue weighted by atomic mass is 32.1. The molecule has 5 heteroatoms. The van der Waals surface area contributed by atoms with E-state index in [0.717, 1.165) is 23.7 Å². The number of benzene rings is 2. The molecule has 1 atom stereocenters. The van der Waals surface area contributed by atoms with Crippen LogP contribution in [0.15, 0.2) is 54.9 Å². The number of nitrogens with zero attached hydrogens (tertiary/aromatic N) is 3. The fourth-order valence-electron chi connectivity index (χ4n) is 2.94. The molecule has 1 aromatic heterocycles. The van der Waals surface area contributed by atoms with Gasteiger partial charge in [-0.1, -0.05) is 48.0 Å². The van der Waals surface area contributed by atoms with Crippen molar-refractivity contribution in [2.24, 2.45) is 0 Å². The van der Waals surface area contributed by atoms with Crippen LogP contribution in [0.2, 0.25) is 0 Å². The van der Waals surface area contributed by atoms with Crippen LogP contribution in [0.5, 0.6) is 0 Å². The second kappa shape index (κ2) is 7.11. The lowest BCUT2D eigenvalue weighted by molar-refractivity contribution is -0.917. The minimum atomic E-state index is 0.731. The Labute approximate surface area is 148 Å². The molecule has 124 valence electrons. The van der Waals surface area contributed by atoms with Crippen LogP contribution >= 0.6 is 12.2 Å². The Morgan fingerprint density at radius 2 is 1.83 bits per heavy atom. The fourth-order valence-corrected chi connectivity index (χ4v) is 3.20. The van der Waals surface area contributed by atoms with Crippen molar-refractivity contribution in [1.82, 2.24) is 14.3 Å². The first-order valence-electron chi connectivity index (χ1n) is 8.12. The van der Waals surface area contributed by atoms with E-state index >= 15 is 0 Å². The summed E-state index contributed by atoms with van der Waals surface area (Å²) < 4.78 is 4.61. The average molecular weight is 339 g/mol. The molecule has 2 aromatic carbocycles. The summed E-state index contributed by atoms with van der Waals surface area (Å²) in [6.07, 6.45) is 1.82. The van der Waals surface area contributed by atoms with Gasteiger partial charge < -0.3 is 4.90 Å². The maximum absolute atomic E-state index is 5.63. The van der Waals surface area contributed by atoms with Gasteiger partial charge in [0.2, 0.25) is 4.77 Å². The number of aryl methyl sites for hydroxylation is 2. The van der Waals surface area contributed by atoms with E-state index < -0.39 is 0 Å². The molecule has 3 aromatic rings. The zero-order chi connectivity index (χ0) is 17.1. The van der Waals surface area contributed by atoms with E-state index in [1.165, 1.54) is 21.6 Å². The summed E-state index contributed by atoms with van der Waals surface area (Å²) in [5.74, 6) is 0. The van der Waals surface area contributed by atoms with E-state index in [1.807, 2.05) is 21.6 Å². The third kappa shape index (κ3) is 3.63. The van der Waals surface area contributed by atoms with Crippen molar-refractivity contribution in [3.05, 3.63) is 76.3 Å². The van der Waals surface area contributed by atoms with Crippen molar-refractivity contribution in [3.63, 3.8) is 0 Å². The van der Waals surface area contributed by atoms with Crippen molar-refractivity contribution in [1.29, 1.82) is 0 Å². The summed E-state index contributed by atoms with van der Waals surface area (Å²) in [4.78, 5) is 1.34. The molecular weight excluding hydrogens is 316 g/mol. The molecule has 24 heavy (non-hydrogen) atoms. The Balaban J connectivity index is 1.79. The zero-order valence-electron chi connectivity index (χ0n) is 14.4. The number of aromatic nitrogens is 3. The summed E-state index contributed by atoms with van der Waals surface area (Å²) in [6, 6.07) is 16.9. The van der Waals surface area contributed by atoms with Gasteiger partial charge in [-0.05, 0) is 37.7 Å². The Kier molecular flexibility index (Phi) is 4.92. The van der Waals surface area contributed by atoms with Gasteiger partial charge in [0.15, 0.2) is 6.67 Å². The minimum Gasteiger partial charge on any atom is -0.315 e. The lowest BCUT2D eigenvalue weighted by Crippen LogP contribution is -3.07. The van der Waals surface area contributed by atoms with Crippen molar-refractivity contribution < 1.29 is 4.90 Å². The molecule has 4 nitrogen and oxygen atoms in total. The molecular formula is C19H23N4S+. The lowest BCUT2D eigenvalue weighted by Gasteiger charge is -2.14. The van der Waals surface area contributed by atoms with Crippen LogP contribution in [-0.4, -0.2) is 21.4 Å². The van der Waals surface area contributed by atoms with Gasteiger partial charge in [-0.3, -0.25) is 4.57 Å². The first-order valence-corrected chi connectivity index (χ1v) is 8.53. The summed E-state index contributed by atoms with van der Waals surface area (Å²) in [5, 5.41) is 4.49. The Hall–Kier alpha value is -2.24. The van der Waals surface area contributed by atoms with Crippen molar-refractivity contribution in [2.45, 2.75) is 27.1 Å². The topological polar surface area (TPSA) is 27.2 Å². The first kappa shape index (κ1) is 16.6. The van der Waals surface area contributed by atoms with Gasteiger partial charge in [0.25, 0.3) is 0 Å². The molecule has 0 saturated heterocycles. The molecule has 1 unspecified atom stereocenters. The fraction of sp³-hybridized carbons (Fsp3) is 0.263. The zero-order valence-corrected chi connectivity index (χ0v) is 15.2. The van der Waals surface area contributed by atoms with E-state index in [1.54, 1.807) is 0 Å². The van der Waals surface area contributed by atoms with E-state index in [0.29, 0.717) is 0 Å². The minimum absolute atomic E-state index is 0.731. The number of nitrogens with one attached hydrogen (secondary N) is 1. The Morgan fingerprint density at radius 3 is 2.54 bits per heavy atom. The van der Waals surface area contributed by atoms with Crippen molar-refractivity contribution in [2.75, 3.05) is 7.05 Å². The van der Waals surface area contributed by atoms with Gasteiger partial charge in [-0.15, -0.1) is 0 Å². The number of hydrogen-bond donors (Lipinski definition) is 1. The van der Waals surface area contributed by atoms with Crippen LogP contribution in [0, 0.1) is 18.6 Å². The van der Waals surface area contributed by atoms with Crippen LogP contribution in [-0.2, 0) is 13.2 Å². The molecule has 1 N–H and O–H groups in total. The normalized spacial score (nSPS) is 12.3. The smallest absolute Gasteiger partial charge is 0.207 e. The van der Waals surface area contributed by atoms with Crippen molar-refractivity contribution >= 4 is 12.2 Å². The largest absolute Gasteiger partial charge is 0.315 e. The third-order valence-electron chi connectivity index (χ3n) is 4.11. The highest BCUT2D eigenvalue weighted by Gasteiger charge is 2.10. The second-order valence-corrected chi connectivity index (χ2v) is 6.72. The average Bonchev–Trinajstić information content (AvgIpc) is 2.89. The molecule has 0 aliphatic carbocycles. The van der Waals surface area contributed by atoms with Crippen molar-refractivity contribution in [3.8, 4) is 5.69 Å². The molecule has 0 aliphatic rings. The van der Waals surface area contributed by atoms with E-state index in [2.05, 4.69) is 68.5 Å². The summed E-state index contributed by atoms with van der Waals surface area (Å²) in [6.45, 7) is 5.89. The van der Waals surface area contributed by atoms with E-state index in [4.69, 9.17) is 12.2 Å². The molecule has 0 fully saturated rings. The third-order valence-corrected chi connectivity index (χ3v) is 4.52. The van der Waals surface area contributed by atoms with E-state index in [9.17, 15) is 0 Å². The number of rotatable bonds is 5. The Bertz CT molecular complexity index is 880. The molecule has 0 spiro atoms.